The number of nitrogens with one attached hydrogen (secondary N) is 1. The highest BCUT2D eigenvalue weighted by molar-refractivity contribution is 5.75. The summed E-state index contributed by atoms with van der Waals surface area (Å²) in [7, 11) is 0. The zero-order valence-electron chi connectivity index (χ0n) is 24.7. The van der Waals surface area contributed by atoms with Crippen LogP contribution in [0.15, 0.2) is 48.7 Å². The summed E-state index contributed by atoms with van der Waals surface area (Å²) in [4.78, 5) is 30.0. The minimum atomic E-state index is -0.427. The zero-order valence-corrected chi connectivity index (χ0v) is 24.7. The maximum absolute atomic E-state index is 13.7. The average molecular weight is 593 g/mol. The molecule has 230 valence electrons. The second kappa shape index (κ2) is 13.6. The molecule has 0 spiro atoms. The van der Waals surface area contributed by atoms with Crippen molar-refractivity contribution < 1.29 is 32.9 Å². The van der Waals surface area contributed by atoms with Gasteiger partial charge in [-0.15, -0.1) is 0 Å². The molecule has 1 N–H and O–H groups in total. The number of alkyl carbamates (subject to hydrolysis) is 1. The summed E-state index contributed by atoms with van der Waals surface area (Å²) in [5.74, 6) is 0.451. The number of pyridine rings is 1. The number of aromatic nitrogens is 1. The second-order valence-electron chi connectivity index (χ2n) is 12.4. The van der Waals surface area contributed by atoms with Crippen LogP contribution in [-0.4, -0.2) is 55.3 Å². The van der Waals surface area contributed by atoms with Gasteiger partial charge in [0.15, 0.2) is 6.29 Å². The monoisotopic (exact) mass is 592 g/mol. The topological polar surface area (TPSA) is 96.0 Å². The number of nitrogens with zero attached hydrogens (tertiary/aromatic N) is 1. The number of rotatable bonds is 8. The molecule has 1 aromatic carbocycles. The molecule has 2 aliphatic carbocycles. The van der Waals surface area contributed by atoms with Gasteiger partial charge in [0.1, 0.15) is 18.5 Å². The second-order valence-corrected chi connectivity index (χ2v) is 12.4. The lowest BCUT2D eigenvalue weighted by Gasteiger charge is -2.47. The molecule has 1 aromatic heterocycles. The van der Waals surface area contributed by atoms with Gasteiger partial charge >= 0.3 is 12.1 Å². The third kappa shape index (κ3) is 7.10. The van der Waals surface area contributed by atoms with Crippen molar-refractivity contribution in [1.29, 1.82) is 0 Å². The van der Waals surface area contributed by atoms with Gasteiger partial charge in [-0.1, -0.05) is 24.3 Å². The summed E-state index contributed by atoms with van der Waals surface area (Å²) in [6.45, 7) is 3.21. The lowest BCUT2D eigenvalue weighted by Crippen LogP contribution is -2.48. The molecular formula is C34H41FN2O6. The Morgan fingerprint density at radius 2 is 2.02 bits per heavy atom. The van der Waals surface area contributed by atoms with Crippen LogP contribution < -0.4 is 5.32 Å². The molecule has 9 heteroatoms. The number of esters is 1. The first-order valence-corrected chi connectivity index (χ1v) is 15.7. The standard InChI is InChI=1S/C34H41FN2O6/c1-21-32-29(13-10-26-9-8-23(20-36-26)22-5-4-6-25(35)17-22)28-12-11-27(18-24(28)19-30(32)33(38)43-21)37-34(39)42-16-15-41-31-7-2-3-14-40-31/h4-6,8-10,13,17,20-21,24,27-32H,2-3,7,11-12,14-16,18-19H2,1H3,(H,37,39)/b13-10+/t21-,24+,27-,28-,29+,30-,31?,32+/m1/s1. The number of hydrogen-bond donors (Lipinski definition) is 1. The number of carbonyl (C=O) groups excluding carboxylic acids is 2. The van der Waals surface area contributed by atoms with E-state index in [1.165, 1.54) is 12.1 Å². The molecule has 2 saturated heterocycles. The van der Waals surface area contributed by atoms with Crippen molar-refractivity contribution >= 4 is 18.1 Å². The summed E-state index contributed by atoms with van der Waals surface area (Å²) in [5, 5.41) is 3.05. The summed E-state index contributed by atoms with van der Waals surface area (Å²) >= 11 is 0. The molecule has 6 rings (SSSR count). The maximum Gasteiger partial charge on any atom is 0.407 e. The molecule has 1 unspecified atom stereocenters. The van der Waals surface area contributed by atoms with E-state index in [2.05, 4.69) is 16.4 Å². The van der Waals surface area contributed by atoms with Gasteiger partial charge in [-0.25, -0.2) is 9.18 Å². The van der Waals surface area contributed by atoms with Crippen LogP contribution in [0.2, 0.25) is 0 Å². The summed E-state index contributed by atoms with van der Waals surface area (Å²) in [5.41, 5.74) is 2.45. The summed E-state index contributed by atoms with van der Waals surface area (Å²) in [6.07, 6.45) is 11.7. The predicted molar refractivity (Wildman–Crippen MR) is 158 cm³/mol. The summed E-state index contributed by atoms with van der Waals surface area (Å²) in [6, 6.07) is 10.4. The minimum absolute atomic E-state index is 0.00408. The van der Waals surface area contributed by atoms with Crippen LogP contribution in [0.3, 0.4) is 0 Å². The van der Waals surface area contributed by atoms with Crippen molar-refractivity contribution in [1.82, 2.24) is 10.3 Å². The fraction of sp³-hybridized carbons (Fsp3) is 0.559. The molecule has 43 heavy (non-hydrogen) atoms. The molecule has 4 aliphatic rings. The number of cyclic esters (lactones) is 1. The van der Waals surface area contributed by atoms with Crippen molar-refractivity contribution in [2.45, 2.75) is 70.3 Å². The van der Waals surface area contributed by atoms with Gasteiger partial charge in [0.25, 0.3) is 0 Å². The third-order valence-electron chi connectivity index (χ3n) is 9.66. The number of fused-ring (bicyclic) bond motifs is 2. The number of hydrogen-bond acceptors (Lipinski definition) is 7. The highest BCUT2D eigenvalue weighted by Crippen LogP contribution is 2.53. The number of amides is 1. The van der Waals surface area contributed by atoms with Crippen LogP contribution in [0.1, 0.15) is 57.6 Å². The Kier molecular flexibility index (Phi) is 9.38. The van der Waals surface area contributed by atoms with Crippen LogP contribution in [0, 0.1) is 35.4 Å². The predicted octanol–water partition coefficient (Wildman–Crippen LogP) is 6.15. The molecule has 1 amide bonds. The molecule has 8 atom stereocenters. The van der Waals surface area contributed by atoms with Crippen molar-refractivity contribution in [3.63, 3.8) is 0 Å². The maximum atomic E-state index is 13.7. The van der Waals surface area contributed by atoms with Gasteiger partial charge in [0, 0.05) is 30.3 Å². The zero-order chi connectivity index (χ0) is 29.8. The van der Waals surface area contributed by atoms with Crippen LogP contribution >= 0.6 is 0 Å². The lowest BCUT2D eigenvalue weighted by molar-refractivity contribution is -0.166. The molecule has 0 radical (unpaired) electrons. The molecule has 2 aliphatic heterocycles. The van der Waals surface area contributed by atoms with E-state index in [4.69, 9.17) is 18.9 Å². The number of ether oxygens (including phenoxy) is 4. The highest BCUT2D eigenvalue weighted by atomic mass is 19.1. The molecule has 4 fully saturated rings. The Labute approximate surface area is 252 Å². The Bertz CT molecular complexity index is 1300. The van der Waals surface area contributed by atoms with Gasteiger partial charge in [-0.3, -0.25) is 9.78 Å². The van der Waals surface area contributed by atoms with Crippen molar-refractivity contribution in [2.75, 3.05) is 19.8 Å². The van der Waals surface area contributed by atoms with E-state index in [-0.39, 0.29) is 54.6 Å². The van der Waals surface area contributed by atoms with Crippen LogP contribution in [0.25, 0.3) is 17.2 Å². The third-order valence-corrected chi connectivity index (χ3v) is 9.66. The van der Waals surface area contributed by atoms with Gasteiger partial charge < -0.3 is 24.3 Å². The normalized spacial score (nSPS) is 32.1. The Morgan fingerprint density at radius 3 is 2.81 bits per heavy atom. The van der Waals surface area contributed by atoms with Crippen molar-refractivity contribution in [3.05, 3.63) is 60.2 Å². The van der Waals surface area contributed by atoms with Crippen LogP contribution in [0.5, 0.6) is 0 Å². The summed E-state index contributed by atoms with van der Waals surface area (Å²) < 4.78 is 36.0. The molecular weight excluding hydrogens is 551 g/mol. The molecule has 3 heterocycles. The Morgan fingerprint density at radius 1 is 1.12 bits per heavy atom. The van der Waals surface area contributed by atoms with Crippen LogP contribution in [-0.2, 0) is 23.7 Å². The first-order chi connectivity index (χ1) is 20.9. The smallest absolute Gasteiger partial charge is 0.407 e. The molecule has 2 saturated carbocycles. The van der Waals surface area contributed by atoms with Gasteiger partial charge in [-0.2, -0.15) is 0 Å². The molecule has 0 bridgehead atoms. The highest BCUT2D eigenvalue weighted by Gasteiger charge is 2.54. The number of carbonyl (C=O) groups is 2. The van der Waals surface area contributed by atoms with Gasteiger partial charge in [0.2, 0.25) is 0 Å². The minimum Gasteiger partial charge on any atom is -0.462 e. The largest absolute Gasteiger partial charge is 0.462 e. The average Bonchev–Trinajstić information content (AvgIpc) is 3.30. The van der Waals surface area contributed by atoms with E-state index in [0.717, 1.165) is 61.8 Å². The molecule has 2 aromatic rings. The van der Waals surface area contributed by atoms with Crippen LogP contribution in [0.4, 0.5) is 9.18 Å². The van der Waals surface area contributed by atoms with E-state index in [9.17, 15) is 14.0 Å². The van der Waals surface area contributed by atoms with Crippen molar-refractivity contribution in [3.8, 4) is 11.1 Å². The van der Waals surface area contributed by atoms with Gasteiger partial charge in [0.05, 0.1) is 18.2 Å². The Hall–Kier alpha value is -3.30. The van der Waals surface area contributed by atoms with E-state index < -0.39 is 6.09 Å². The SMILES string of the molecule is C[C@H]1OC(=O)[C@@H]2C[C@@H]3C[C@H](NC(=O)OCCOC4CCCCO4)CC[C@H]3[C@H](/C=C/c3ccc(-c4cccc(F)c4)cn3)[C@H]12. The quantitative estimate of drug-likeness (QED) is 0.290. The van der Waals surface area contributed by atoms with E-state index in [1.54, 1.807) is 12.3 Å². The van der Waals surface area contributed by atoms with Gasteiger partial charge in [-0.05, 0) is 99.5 Å². The number of allylic oxidation sites excluding steroid dienone is 1. The lowest BCUT2D eigenvalue weighted by atomic mass is 9.57. The first-order valence-electron chi connectivity index (χ1n) is 15.7. The number of halogens is 1. The fourth-order valence-corrected chi connectivity index (χ4v) is 7.66. The van der Waals surface area contributed by atoms with E-state index >= 15 is 0 Å². The Balaban J connectivity index is 1.07. The van der Waals surface area contributed by atoms with E-state index in [1.807, 2.05) is 31.2 Å². The van der Waals surface area contributed by atoms with E-state index in [0.29, 0.717) is 25.0 Å². The fourth-order valence-electron chi connectivity index (χ4n) is 7.66. The number of benzene rings is 1. The first kappa shape index (κ1) is 29.8. The molecule has 8 nitrogen and oxygen atoms in total. The van der Waals surface area contributed by atoms with Crippen molar-refractivity contribution in [2.24, 2.45) is 29.6 Å².